The largest absolute Gasteiger partial charge is 0.478 e. The molecule has 0 heterocycles. The van der Waals surface area contributed by atoms with E-state index in [-0.39, 0.29) is 6.61 Å². The Kier molecular flexibility index (Phi) is 17.2. The van der Waals surface area contributed by atoms with Gasteiger partial charge in [0.25, 0.3) is 0 Å². The molecular weight excluding hydrogens is 433 g/mol. The molecule has 34 heavy (non-hydrogen) atoms. The average Bonchev–Trinajstić information content (AvgIpc) is 2.88. The van der Waals surface area contributed by atoms with Crippen molar-refractivity contribution in [2.24, 2.45) is 0 Å². The Morgan fingerprint density at radius 3 is 1.97 bits per heavy atom. The van der Waals surface area contributed by atoms with E-state index in [4.69, 9.17) is 9.84 Å². The molecule has 6 heteroatoms. The molecule has 0 amide bonds. The highest BCUT2D eigenvalue weighted by Crippen LogP contribution is 2.20. The zero-order chi connectivity index (χ0) is 24.9. The van der Waals surface area contributed by atoms with Gasteiger partial charge in [-0.05, 0) is 28.5 Å². The minimum atomic E-state index is -0.910. The molecular formula is C28H40FNO4. The van der Waals surface area contributed by atoms with Crippen LogP contribution in [0.4, 0.5) is 4.53 Å². The summed E-state index contributed by atoms with van der Waals surface area (Å²) in [4.78, 5) is 16.0. The molecule has 1 aliphatic rings. The maximum Gasteiger partial charge on any atom is 0.328 e. The van der Waals surface area contributed by atoms with E-state index >= 15 is 0 Å². The summed E-state index contributed by atoms with van der Waals surface area (Å²) in [6.45, 7) is 6.68. The Labute approximate surface area is 204 Å². The van der Waals surface area contributed by atoms with Crippen LogP contribution in [0.25, 0.3) is 0 Å². The summed E-state index contributed by atoms with van der Waals surface area (Å²) >= 11 is 0. The third-order valence-electron chi connectivity index (χ3n) is 5.22. The van der Waals surface area contributed by atoms with Gasteiger partial charge in [0.2, 0.25) is 0 Å². The fraction of sp³-hybridized carbons (Fsp3) is 0.464. The van der Waals surface area contributed by atoms with Gasteiger partial charge in [-0.25, -0.2) is 4.79 Å². The number of ether oxygens (including phenoxy) is 1. The molecule has 1 fully saturated rings. The zero-order valence-electron chi connectivity index (χ0n) is 20.6. The van der Waals surface area contributed by atoms with E-state index in [2.05, 4.69) is 34.1 Å². The van der Waals surface area contributed by atoms with Crippen molar-refractivity contribution in [2.75, 3.05) is 19.8 Å². The number of carboxylic acid groups (broad SMARTS) is 1. The van der Waals surface area contributed by atoms with Crippen LogP contribution in [0.1, 0.15) is 57.1 Å². The van der Waals surface area contributed by atoms with Crippen LogP contribution in [-0.2, 0) is 27.6 Å². The molecule has 3 rings (SSSR count). The minimum absolute atomic E-state index is 0.0969. The maximum absolute atomic E-state index is 11.9. The second kappa shape index (κ2) is 19.9. The molecule has 0 radical (unpaired) electrons. The first kappa shape index (κ1) is 29.5. The fourth-order valence-electron chi connectivity index (χ4n) is 3.63. The molecule has 0 aromatic heterocycles. The predicted molar refractivity (Wildman–Crippen MR) is 135 cm³/mol. The SMILES string of the molecule is CC.FOCCN(Cc1ccccc1)Cc1ccccc1.O=C(O)/C=C/COC1CCCCC1. The van der Waals surface area contributed by atoms with Gasteiger partial charge in [0.15, 0.2) is 0 Å². The van der Waals surface area contributed by atoms with E-state index < -0.39 is 5.97 Å². The van der Waals surface area contributed by atoms with Gasteiger partial charge in [-0.15, -0.1) is 0 Å². The molecule has 0 aliphatic heterocycles. The Balaban J connectivity index is 0.000000337. The highest BCUT2D eigenvalue weighted by Gasteiger charge is 2.12. The van der Waals surface area contributed by atoms with Crippen LogP contribution in [0.5, 0.6) is 0 Å². The number of hydrogen-bond acceptors (Lipinski definition) is 4. The Morgan fingerprint density at radius 1 is 0.971 bits per heavy atom. The van der Waals surface area contributed by atoms with Crippen LogP contribution < -0.4 is 0 Å². The monoisotopic (exact) mass is 473 g/mol. The van der Waals surface area contributed by atoms with Gasteiger partial charge in [0.1, 0.15) is 6.61 Å². The molecule has 0 saturated heterocycles. The van der Waals surface area contributed by atoms with Crippen molar-refractivity contribution in [2.45, 2.75) is 65.1 Å². The lowest BCUT2D eigenvalue weighted by molar-refractivity contribution is -0.137. The number of hydrogen-bond donors (Lipinski definition) is 1. The summed E-state index contributed by atoms with van der Waals surface area (Å²) in [6.07, 6.45) is 9.08. The third-order valence-corrected chi connectivity index (χ3v) is 5.22. The van der Waals surface area contributed by atoms with Crippen molar-refractivity contribution < 1.29 is 24.1 Å². The van der Waals surface area contributed by atoms with Gasteiger partial charge in [-0.2, -0.15) is 4.94 Å². The second-order valence-electron chi connectivity index (χ2n) is 7.83. The van der Waals surface area contributed by atoms with E-state index in [0.29, 0.717) is 19.3 Å². The standard InChI is InChI=1S/C16H18FNO.C10H16O3.C2H6/c17-19-12-11-18(13-15-7-3-1-4-8-15)14-16-9-5-2-6-10-16;11-10(12)7-4-8-13-9-5-2-1-3-6-9;1-2/h1-10H,11-14H2;4,7,9H,1-3,5-6,8H2,(H,11,12);1-2H3/b;7-4+;. The molecule has 1 N–H and O–H groups in total. The number of aliphatic carboxylic acids is 1. The number of rotatable bonds is 11. The number of carboxylic acids is 1. The van der Waals surface area contributed by atoms with Gasteiger partial charge in [0.05, 0.1) is 12.7 Å². The van der Waals surface area contributed by atoms with Crippen molar-refractivity contribution in [1.82, 2.24) is 4.90 Å². The van der Waals surface area contributed by atoms with Crippen molar-refractivity contribution in [3.05, 3.63) is 83.9 Å². The summed E-state index contributed by atoms with van der Waals surface area (Å²) < 4.78 is 17.4. The fourth-order valence-corrected chi connectivity index (χ4v) is 3.63. The van der Waals surface area contributed by atoms with Crippen LogP contribution in [0.3, 0.4) is 0 Å². The lowest BCUT2D eigenvalue weighted by Gasteiger charge is -2.21. The van der Waals surface area contributed by atoms with Crippen LogP contribution >= 0.6 is 0 Å². The molecule has 0 spiro atoms. The van der Waals surface area contributed by atoms with E-state index in [1.54, 1.807) is 6.08 Å². The van der Waals surface area contributed by atoms with Gasteiger partial charge >= 0.3 is 5.97 Å². The maximum atomic E-state index is 11.9. The first-order valence-electron chi connectivity index (χ1n) is 12.2. The normalized spacial score (nSPS) is 13.6. The first-order valence-corrected chi connectivity index (χ1v) is 12.2. The number of carbonyl (C=O) groups is 1. The average molecular weight is 474 g/mol. The van der Waals surface area contributed by atoms with Crippen LogP contribution in [0, 0.1) is 0 Å². The third kappa shape index (κ3) is 14.6. The number of benzene rings is 2. The molecule has 1 saturated carbocycles. The van der Waals surface area contributed by atoms with E-state index in [1.165, 1.54) is 30.4 Å². The van der Waals surface area contributed by atoms with E-state index in [1.807, 2.05) is 50.2 Å². The van der Waals surface area contributed by atoms with Crippen LogP contribution in [0.15, 0.2) is 72.8 Å². The zero-order valence-corrected chi connectivity index (χ0v) is 20.6. The number of nitrogens with zero attached hydrogens (tertiary/aromatic N) is 1. The Bertz CT molecular complexity index is 723. The summed E-state index contributed by atoms with van der Waals surface area (Å²) in [5.41, 5.74) is 2.44. The smallest absolute Gasteiger partial charge is 0.328 e. The minimum Gasteiger partial charge on any atom is -0.478 e. The highest BCUT2D eigenvalue weighted by atomic mass is 19.3. The van der Waals surface area contributed by atoms with Crippen molar-refractivity contribution >= 4 is 5.97 Å². The summed E-state index contributed by atoms with van der Waals surface area (Å²) in [7, 11) is 0. The highest BCUT2D eigenvalue weighted by molar-refractivity contribution is 5.79. The molecule has 188 valence electrons. The van der Waals surface area contributed by atoms with Crippen molar-refractivity contribution in [3.63, 3.8) is 0 Å². The molecule has 5 nitrogen and oxygen atoms in total. The molecule has 0 bridgehead atoms. The summed E-state index contributed by atoms with van der Waals surface area (Å²) in [5.74, 6) is -0.910. The molecule has 1 aliphatic carbocycles. The summed E-state index contributed by atoms with van der Waals surface area (Å²) in [6, 6.07) is 20.4. The van der Waals surface area contributed by atoms with E-state index in [0.717, 1.165) is 32.0 Å². The van der Waals surface area contributed by atoms with Gasteiger partial charge in [0, 0.05) is 25.7 Å². The summed E-state index contributed by atoms with van der Waals surface area (Å²) in [5, 5.41) is 8.31. The van der Waals surface area contributed by atoms with E-state index in [9.17, 15) is 9.32 Å². The predicted octanol–water partition coefficient (Wildman–Crippen LogP) is 6.59. The lowest BCUT2D eigenvalue weighted by Crippen LogP contribution is -2.26. The molecule has 2 aromatic carbocycles. The van der Waals surface area contributed by atoms with Crippen LogP contribution in [-0.4, -0.2) is 41.8 Å². The number of halogens is 1. The van der Waals surface area contributed by atoms with Crippen LogP contribution in [0.2, 0.25) is 0 Å². The quantitative estimate of drug-likeness (QED) is 0.373. The Hall–Kier alpha value is -2.54. The molecule has 2 aromatic rings. The van der Waals surface area contributed by atoms with Gasteiger partial charge in [-0.3, -0.25) is 4.90 Å². The molecule has 0 atom stereocenters. The topological polar surface area (TPSA) is 59.0 Å². The second-order valence-corrected chi connectivity index (χ2v) is 7.83. The Morgan fingerprint density at radius 2 is 1.50 bits per heavy atom. The lowest BCUT2D eigenvalue weighted by atomic mass is 9.98. The first-order chi connectivity index (χ1) is 16.7. The van der Waals surface area contributed by atoms with Crippen molar-refractivity contribution in [3.8, 4) is 0 Å². The van der Waals surface area contributed by atoms with Crippen molar-refractivity contribution in [1.29, 1.82) is 0 Å². The molecule has 0 unspecified atom stereocenters. The van der Waals surface area contributed by atoms with Gasteiger partial charge < -0.3 is 9.84 Å². The van der Waals surface area contributed by atoms with Gasteiger partial charge in [-0.1, -0.05) is 99.8 Å².